The Labute approximate surface area is 600 Å². The second-order valence-electron chi connectivity index (χ2n) is 29.6. The molecule has 3 heterocycles. The number of rotatable bonds is 66. The number of ether oxygens (including phenoxy) is 6. The molecule has 3 rings (SSSR count). The number of aliphatic hydroxyl groups is 11. The lowest BCUT2D eigenvalue weighted by atomic mass is 9.96. The lowest BCUT2D eigenvalue weighted by Gasteiger charge is -2.48. The van der Waals surface area contributed by atoms with Crippen LogP contribution in [-0.2, 0) is 33.2 Å². The van der Waals surface area contributed by atoms with Crippen LogP contribution >= 0.6 is 0 Å². The molecule has 0 aromatic rings. The fourth-order valence-electron chi connectivity index (χ4n) is 14.2. The van der Waals surface area contributed by atoms with Gasteiger partial charge in [-0.1, -0.05) is 334 Å². The van der Waals surface area contributed by atoms with Crippen LogP contribution in [0.5, 0.6) is 0 Å². The normalized spacial score (nSPS) is 26.7. The zero-order valence-electron chi connectivity index (χ0n) is 62.5. The van der Waals surface area contributed by atoms with E-state index in [0.717, 1.165) is 38.5 Å². The lowest BCUT2D eigenvalue weighted by molar-refractivity contribution is -0.379. The second kappa shape index (κ2) is 61.4. The molecule has 0 radical (unpaired) electrons. The standard InChI is InChI=1S/C80H151NO18/c1-3-5-7-9-11-13-15-17-19-21-23-25-27-28-29-30-31-32-33-34-35-36-38-40-42-44-46-48-50-52-54-56-58-68(86)81-63(64(85)57-55-53-51-49-47-45-43-41-39-37-26-24-22-20-18-16-14-12-10-8-6-4-2)62-94-78-74(92)71(89)76(66(60-83)96-78)99-80-75(93)72(90)77(67(61-84)97-80)98-79-73(91)70(88)69(87)65(59-82)95-79/h47,49,55,57,63-67,69-80,82-85,87-93H,3-46,48,50-54,56,58-62H2,1-2H3,(H,81,86)/b49-47+,57-55+. The SMILES string of the molecule is CCCCCCCCCCCCCCCCCC/C=C/CC/C=C/C(O)C(COC1OC(CO)C(OC2OC(CO)C(OC3OC(CO)C(O)C(O)C3O)C(O)C2O)C(O)C1O)NC(=O)CCCCCCCCCCCCCCCCCCCCCCCCCCCCCCCCCC. The van der Waals surface area contributed by atoms with Crippen LogP contribution in [0.15, 0.2) is 24.3 Å². The minimum absolute atomic E-state index is 0.241. The molecule has 0 aliphatic carbocycles. The molecule has 17 atom stereocenters. The topological polar surface area (TPSA) is 307 Å². The first-order valence-electron chi connectivity index (χ1n) is 41.1. The molecule has 0 bridgehead atoms. The van der Waals surface area contributed by atoms with Crippen LogP contribution in [0.25, 0.3) is 0 Å². The third-order valence-electron chi connectivity index (χ3n) is 20.8. The quantitative estimate of drug-likeness (QED) is 0.0199. The number of unbranched alkanes of at least 4 members (excludes halogenated alkanes) is 48. The van der Waals surface area contributed by atoms with E-state index in [9.17, 15) is 61.0 Å². The highest BCUT2D eigenvalue weighted by Crippen LogP contribution is 2.33. The van der Waals surface area contributed by atoms with Crippen LogP contribution < -0.4 is 5.32 Å². The average Bonchev–Trinajstić information content (AvgIpc) is 0.782. The number of amides is 1. The Morgan fingerprint density at radius 2 is 0.646 bits per heavy atom. The predicted molar refractivity (Wildman–Crippen MR) is 393 cm³/mol. The first-order valence-corrected chi connectivity index (χ1v) is 41.1. The molecule has 12 N–H and O–H groups in total. The minimum Gasteiger partial charge on any atom is -0.394 e. The van der Waals surface area contributed by atoms with Crippen LogP contribution in [0, 0.1) is 0 Å². The van der Waals surface area contributed by atoms with Crippen molar-refractivity contribution in [3.63, 3.8) is 0 Å². The second-order valence-corrected chi connectivity index (χ2v) is 29.6. The zero-order valence-corrected chi connectivity index (χ0v) is 62.5. The molecule has 1 amide bonds. The Kier molecular flexibility index (Phi) is 56.8. The molecule has 0 aromatic carbocycles. The van der Waals surface area contributed by atoms with Gasteiger partial charge in [-0.15, -0.1) is 0 Å². The van der Waals surface area contributed by atoms with Gasteiger partial charge in [-0.05, 0) is 32.1 Å². The van der Waals surface area contributed by atoms with Crippen molar-refractivity contribution in [1.82, 2.24) is 5.32 Å². The molecule has 3 aliphatic rings. The number of hydrogen-bond donors (Lipinski definition) is 12. The molecular weight excluding hydrogens is 1260 g/mol. The first kappa shape index (κ1) is 91.5. The fourth-order valence-corrected chi connectivity index (χ4v) is 14.2. The Balaban J connectivity index is 1.36. The van der Waals surface area contributed by atoms with Gasteiger partial charge in [0.1, 0.15) is 73.2 Å². The van der Waals surface area contributed by atoms with E-state index in [4.69, 9.17) is 28.4 Å². The number of hydrogen-bond acceptors (Lipinski definition) is 18. The highest BCUT2D eigenvalue weighted by molar-refractivity contribution is 5.76. The van der Waals surface area contributed by atoms with Crippen molar-refractivity contribution in [1.29, 1.82) is 0 Å². The number of nitrogens with one attached hydrogen (secondary N) is 1. The van der Waals surface area contributed by atoms with Crippen LogP contribution in [0.3, 0.4) is 0 Å². The molecular formula is C80H151NO18. The molecule has 0 spiro atoms. The van der Waals surface area contributed by atoms with Crippen molar-refractivity contribution < 1.29 is 89.4 Å². The van der Waals surface area contributed by atoms with E-state index in [0.29, 0.717) is 12.8 Å². The van der Waals surface area contributed by atoms with Crippen molar-refractivity contribution in [2.75, 3.05) is 26.4 Å². The summed E-state index contributed by atoms with van der Waals surface area (Å²) in [4.78, 5) is 13.5. The summed E-state index contributed by atoms with van der Waals surface area (Å²) >= 11 is 0. The highest BCUT2D eigenvalue weighted by Gasteiger charge is 2.54. The molecule has 0 saturated carbocycles. The third-order valence-corrected chi connectivity index (χ3v) is 20.8. The maximum atomic E-state index is 13.5. The smallest absolute Gasteiger partial charge is 0.220 e. The summed E-state index contributed by atoms with van der Waals surface area (Å²) in [6.07, 6.45) is 47.5. The maximum Gasteiger partial charge on any atom is 0.220 e. The number of allylic oxidation sites excluding steroid dienone is 3. The van der Waals surface area contributed by atoms with Gasteiger partial charge in [0.05, 0.1) is 38.6 Å². The molecule has 19 heteroatoms. The Morgan fingerprint density at radius 1 is 0.354 bits per heavy atom. The van der Waals surface area contributed by atoms with Gasteiger partial charge in [0.2, 0.25) is 5.91 Å². The van der Waals surface area contributed by atoms with Gasteiger partial charge in [0.15, 0.2) is 18.9 Å². The van der Waals surface area contributed by atoms with E-state index < -0.39 is 124 Å². The van der Waals surface area contributed by atoms with Crippen molar-refractivity contribution in [2.45, 2.75) is 452 Å². The molecule has 584 valence electrons. The molecule has 17 unspecified atom stereocenters. The number of carbonyl (C=O) groups is 1. The summed E-state index contributed by atoms with van der Waals surface area (Å²) in [7, 11) is 0. The predicted octanol–water partition coefficient (Wildman–Crippen LogP) is 13.7. The third kappa shape index (κ3) is 41.7. The summed E-state index contributed by atoms with van der Waals surface area (Å²) in [6, 6.07) is -0.988. The van der Waals surface area contributed by atoms with Gasteiger partial charge in [-0.25, -0.2) is 0 Å². The molecule has 99 heavy (non-hydrogen) atoms. The van der Waals surface area contributed by atoms with E-state index >= 15 is 0 Å². The van der Waals surface area contributed by atoms with E-state index in [1.54, 1.807) is 6.08 Å². The van der Waals surface area contributed by atoms with Gasteiger partial charge >= 0.3 is 0 Å². The van der Waals surface area contributed by atoms with Crippen molar-refractivity contribution in [3.8, 4) is 0 Å². The molecule has 19 nitrogen and oxygen atoms in total. The molecule has 0 aromatic heterocycles. The monoisotopic (exact) mass is 1410 g/mol. The van der Waals surface area contributed by atoms with Gasteiger partial charge in [-0.2, -0.15) is 0 Å². The Morgan fingerprint density at radius 3 is 1.01 bits per heavy atom. The van der Waals surface area contributed by atoms with Gasteiger partial charge in [-0.3, -0.25) is 4.79 Å². The minimum atomic E-state index is -1.98. The van der Waals surface area contributed by atoms with Gasteiger partial charge in [0.25, 0.3) is 0 Å². The van der Waals surface area contributed by atoms with Crippen LogP contribution in [0.1, 0.15) is 348 Å². The maximum absolute atomic E-state index is 13.5. The van der Waals surface area contributed by atoms with E-state index in [-0.39, 0.29) is 18.9 Å². The lowest BCUT2D eigenvalue weighted by Crippen LogP contribution is -2.66. The Hall–Kier alpha value is -1.73. The molecule has 3 fully saturated rings. The van der Waals surface area contributed by atoms with E-state index in [2.05, 4.69) is 31.3 Å². The average molecular weight is 1420 g/mol. The van der Waals surface area contributed by atoms with Gasteiger partial charge in [0, 0.05) is 6.42 Å². The van der Waals surface area contributed by atoms with Crippen molar-refractivity contribution in [3.05, 3.63) is 24.3 Å². The molecule has 3 aliphatic heterocycles. The molecule has 3 saturated heterocycles. The summed E-state index contributed by atoms with van der Waals surface area (Å²) in [5.74, 6) is -0.277. The summed E-state index contributed by atoms with van der Waals surface area (Å²) in [6.45, 7) is 1.78. The summed E-state index contributed by atoms with van der Waals surface area (Å²) in [5, 5.41) is 121. The van der Waals surface area contributed by atoms with Crippen LogP contribution in [-0.4, -0.2) is 193 Å². The van der Waals surface area contributed by atoms with Crippen LogP contribution in [0.2, 0.25) is 0 Å². The zero-order chi connectivity index (χ0) is 71.8. The van der Waals surface area contributed by atoms with Crippen molar-refractivity contribution >= 4 is 5.91 Å². The van der Waals surface area contributed by atoms with Crippen LogP contribution in [0.4, 0.5) is 0 Å². The van der Waals surface area contributed by atoms with E-state index in [1.807, 2.05) is 6.08 Å². The first-order chi connectivity index (χ1) is 48.3. The largest absolute Gasteiger partial charge is 0.394 e. The van der Waals surface area contributed by atoms with E-state index in [1.165, 1.54) is 276 Å². The fraction of sp³-hybridized carbons (Fsp3) is 0.938. The van der Waals surface area contributed by atoms with Gasteiger partial charge < -0.3 is 89.9 Å². The number of carbonyl (C=O) groups excluding carboxylic acids is 1. The Bertz CT molecular complexity index is 1880. The highest BCUT2D eigenvalue weighted by atomic mass is 16.8. The number of aliphatic hydroxyl groups excluding tert-OH is 11. The van der Waals surface area contributed by atoms with Crippen molar-refractivity contribution in [2.24, 2.45) is 0 Å². The summed E-state index contributed by atoms with van der Waals surface area (Å²) < 4.78 is 34.4. The summed E-state index contributed by atoms with van der Waals surface area (Å²) in [5.41, 5.74) is 0.